The Bertz CT molecular complexity index is 312. The van der Waals surface area contributed by atoms with Gasteiger partial charge >= 0.3 is 0 Å². The van der Waals surface area contributed by atoms with Crippen LogP contribution in [0.1, 0.15) is 118 Å². The van der Waals surface area contributed by atoms with Crippen LogP contribution in [0.2, 0.25) is 0 Å². The highest BCUT2D eigenvalue weighted by molar-refractivity contribution is 4.93. The van der Waals surface area contributed by atoms with Gasteiger partial charge in [0.2, 0.25) is 0 Å². The zero-order valence-corrected chi connectivity index (χ0v) is 16.7. The summed E-state index contributed by atoms with van der Waals surface area (Å²) in [5.41, 5.74) is 0.672. The lowest BCUT2D eigenvalue weighted by atomic mass is 9.55. The topological polar surface area (TPSA) is 0 Å². The van der Waals surface area contributed by atoms with Crippen LogP contribution < -0.4 is 0 Å². The molecule has 0 heteroatoms. The fourth-order valence-corrected chi connectivity index (χ4v) is 6.02. The number of rotatable bonds is 8. The molecule has 0 nitrogen and oxygen atoms in total. The van der Waals surface area contributed by atoms with Crippen LogP contribution in [0.25, 0.3) is 0 Å². The molecule has 0 radical (unpaired) electrons. The Kier molecular flexibility index (Phi) is 7.96. The van der Waals surface area contributed by atoms with Gasteiger partial charge in [-0.25, -0.2) is 0 Å². The second-order valence-electron chi connectivity index (χ2n) is 9.57. The molecule has 0 heterocycles. The largest absolute Gasteiger partial charge is 0.0654 e. The highest BCUT2D eigenvalue weighted by atomic mass is 14.5. The maximum absolute atomic E-state index is 2.65. The molecule has 23 heavy (non-hydrogen) atoms. The monoisotopic (exact) mass is 320 g/mol. The normalized spacial score (nSPS) is 34.4. The van der Waals surface area contributed by atoms with Crippen LogP contribution in [0.15, 0.2) is 0 Å². The maximum atomic E-state index is 2.65. The van der Waals surface area contributed by atoms with E-state index >= 15 is 0 Å². The average Bonchev–Trinajstić information content (AvgIpc) is 2.54. The lowest BCUT2D eigenvalue weighted by Crippen LogP contribution is -2.41. The maximum Gasteiger partial charge on any atom is -0.0295 e. The molecular weight excluding hydrogens is 276 g/mol. The van der Waals surface area contributed by atoms with Crippen LogP contribution in [-0.4, -0.2) is 0 Å². The summed E-state index contributed by atoms with van der Waals surface area (Å²) in [4.78, 5) is 0. The number of unbranched alkanes of at least 4 members (excludes halogenated alkanes) is 5. The third-order valence-electron chi connectivity index (χ3n) is 7.56. The predicted molar refractivity (Wildman–Crippen MR) is 104 cm³/mol. The van der Waals surface area contributed by atoms with E-state index in [9.17, 15) is 0 Å². The van der Waals surface area contributed by atoms with Crippen LogP contribution in [0, 0.1) is 29.1 Å². The van der Waals surface area contributed by atoms with Crippen molar-refractivity contribution in [3.05, 3.63) is 0 Å². The Balaban J connectivity index is 1.83. The molecule has 0 N–H and O–H groups in total. The molecule has 136 valence electrons. The summed E-state index contributed by atoms with van der Waals surface area (Å²) in [5, 5.41) is 0. The fourth-order valence-electron chi connectivity index (χ4n) is 6.02. The van der Waals surface area contributed by atoms with Crippen molar-refractivity contribution in [2.24, 2.45) is 29.1 Å². The Morgan fingerprint density at radius 3 is 2.17 bits per heavy atom. The van der Waals surface area contributed by atoms with Crippen LogP contribution in [0.3, 0.4) is 0 Å². The van der Waals surface area contributed by atoms with Crippen molar-refractivity contribution in [3.8, 4) is 0 Å². The van der Waals surface area contributed by atoms with Crippen LogP contribution >= 0.6 is 0 Å². The first kappa shape index (κ1) is 19.3. The van der Waals surface area contributed by atoms with E-state index in [1.165, 1.54) is 89.9 Å². The van der Waals surface area contributed by atoms with Crippen LogP contribution in [0.4, 0.5) is 0 Å². The summed E-state index contributed by atoms with van der Waals surface area (Å²) >= 11 is 0. The van der Waals surface area contributed by atoms with Crippen molar-refractivity contribution in [2.45, 2.75) is 118 Å². The van der Waals surface area contributed by atoms with E-state index in [0.29, 0.717) is 5.41 Å². The molecule has 0 aromatic carbocycles. The van der Waals surface area contributed by atoms with Gasteiger partial charge in [0, 0.05) is 0 Å². The third kappa shape index (κ3) is 5.50. The Morgan fingerprint density at radius 1 is 0.826 bits per heavy atom. The molecule has 4 atom stereocenters. The first-order valence-corrected chi connectivity index (χ1v) is 11.1. The quantitative estimate of drug-likeness (QED) is 0.397. The average molecular weight is 321 g/mol. The van der Waals surface area contributed by atoms with Crippen molar-refractivity contribution >= 4 is 0 Å². The third-order valence-corrected chi connectivity index (χ3v) is 7.56. The van der Waals surface area contributed by atoms with Crippen molar-refractivity contribution in [2.75, 3.05) is 0 Å². The molecule has 4 unspecified atom stereocenters. The lowest BCUT2D eigenvalue weighted by Gasteiger charge is -2.50. The van der Waals surface area contributed by atoms with Crippen LogP contribution in [0.5, 0.6) is 0 Å². The molecule has 2 saturated carbocycles. The van der Waals surface area contributed by atoms with Gasteiger partial charge in [0.1, 0.15) is 0 Å². The second-order valence-corrected chi connectivity index (χ2v) is 9.57. The minimum absolute atomic E-state index is 0.672. The van der Waals surface area contributed by atoms with Gasteiger partial charge in [0.05, 0.1) is 0 Å². The Labute approximate surface area is 147 Å². The summed E-state index contributed by atoms with van der Waals surface area (Å²) in [6.45, 7) is 10.1. The molecule has 0 spiro atoms. The molecule has 0 aromatic heterocycles. The number of hydrogen-bond donors (Lipinski definition) is 0. The van der Waals surface area contributed by atoms with Gasteiger partial charge in [0.25, 0.3) is 0 Å². The van der Waals surface area contributed by atoms with Gasteiger partial charge in [-0.2, -0.15) is 0 Å². The SMILES string of the molecule is CCCCCCCCC1CC(C)CC(C2(C)CCCCC2)C1C. The predicted octanol–water partition coefficient (Wildman–Crippen LogP) is 8.01. The molecule has 2 aliphatic rings. The van der Waals surface area contributed by atoms with Crippen LogP contribution in [-0.2, 0) is 0 Å². The summed E-state index contributed by atoms with van der Waals surface area (Å²) in [7, 11) is 0. The van der Waals surface area contributed by atoms with Gasteiger partial charge in [0.15, 0.2) is 0 Å². The molecule has 0 saturated heterocycles. The molecular formula is C23H44. The Hall–Kier alpha value is 0. The molecule has 0 aliphatic heterocycles. The zero-order valence-electron chi connectivity index (χ0n) is 16.7. The lowest BCUT2D eigenvalue weighted by molar-refractivity contribution is -0.00234. The van der Waals surface area contributed by atoms with Crippen molar-refractivity contribution in [3.63, 3.8) is 0 Å². The molecule has 0 amide bonds. The molecule has 2 fully saturated rings. The first-order chi connectivity index (χ1) is 11.1. The zero-order chi connectivity index (χ0) is 16.7. The van der Waals surface area contributed by atoms with E-state index in [2.05, 4.69) is 27.7 Å². The summed E-state index contributed by atoms with van der Waals surface area (Å²) in [6.07, 6.45) is 20.8. The highest BCUT2D eigenvalue weighted by Gasteiger charge is 2.43. The van der Waals surface area contributed by atoms with Gasteiger partial charge in [-0.05, 0) is 54.8 Å². The summed E-state index contributed by atoms with van der Waals surface area (Å²) in [6, 6.07) is 0. The molecule has 0 aromatic rings. The number of hydrogen-bond acceptors (Lipinski definition) is 0. The van der Waals surface area contributed by atoms with Gasteiger partial charge in [-0.3, -0.25) is 0 Å². The van der Waals surface area contributed by atoms with E-state index < -0.39 is 0 Å². The highest BCUT2D eigenvalue weighted by Crippen LogP contribution is 2.53. The van der Waals surface area contributed by atoms with E-state index in [1.54, 1.807) is 0 Å². The van der Waals surface area contributed by atoms with E-state index in [1.807, 2.05) is 0 Å². The smallest absolute Gasteiger partial charge is 0.0295 e. The minimum atomic E-state index is 0.672. The minimum Gasteiger partial charge on any atom is -0.0654 e. The van der Waals surface area contributed by atoms with E-state index in [-0.39, 0.29) is 0 Å². The van der Waals surface area contributed by atoms with E-state index in [0.717, 1.165) is 23.7 Å². The fraction of sp³-hybridized carbons (Fsp3) is 1.00. The molecule has 2 aliphatic carbocycles. The van der Waals surface area contributed by atoms with E-state index in [4.69, 9.17) is 0 Å². The first-order valence-electron chi connectivity index (χ1n) is 11.1. The van der Waals surface area contributed by atoms with Crippen molar-refractivity contribution in [1.29, 1.82) is 0 Å². The summed E-state index contributed by atoms with van der Waals surface area (Å²) in [5.74, 6) is 3.98. The second kappa shape index (κ2) is 9.47. The molecule has 2 rings (SSSR count). The van der Waals surface area contributed by atoms with Crippen molar-refractivity contribution < 1.29 is 0 Å². The van der Waals surface area contributed by atoms with Gasteiger partial charge < -0.3 is 0 Å². The van der Waals surface area contributed by atoms with Gasteiger partial charge in [-0.1, -0.05) is 91.9 Å². The summed E-state index contributed by atoms with van der Waals surface area (Å²) < 4.78 is 0. The van der Waals surface area contributed by atoms with Crippen molar-refractivity contribution in [1.82, 2.24) is 0 Å². The standard InChI is InChI=1S/C23H44/c1-5-6-7-8-9-11-14-21-17-19(2)18-22(20(21)3)23(4)15-12-10-13-16-23/h19-22H,5-18H2,1-4H3. The Morgan fingerprint density at radius 2 is 1.48 bits per heavy atom. The van der Waals surface area contributed by atoms with Gasteiger partial charge in [-0.15, -0.1) is 0 Å². The molecule has 0 bridgehead atoms.